The highest BCUT2D eigenvalue weighted by atomic mass is 79.9. The second kappa shape index (κ2) is 5.66. The maximum absolute atomic E-state index is 12.1. The van der Waals surface area contributed by atoms with E-state index in [4.69, 9.17) is 4.74 Å². The molecule has 0 spiro atoms. The van der Waals surface area contributed by atoms with E-state index in [1.165, 1.54) is 12.1 Å². The molecule has 0 aliphatic carbocycles. The molecule has 2 atom stereocenters. The van der Waals surface area contributed by atoms with E-state index < -0.39 is 4.92 Å². The second-order valence-electron chi connectivity index (χ2n) is 4.34. The number of amides is 1. The van der Waals surface area contributed by atoms with E-state index in [0.29, 0.717) is 6.61 Å². The van der Waals surface area contributed by atoms with Crippen molar-refractivity contribution in [2.75, 3.05) is 6.61 Å². The van der Waals surface area contributed by atoms with E-state index in [0.717, 1.165) is 6.42 Å². The van der Waals surface area contributed by atoms with Crippen LogP contribution in [0.15, 0.2) is 22.7 Å². The summed E-state index contributed by atoms with van der Waals surface area (Å²) in [4.78, 5) is 22.4. The van der Waals surface area contributed by atoms with Crippen LogP contribution in [-0.2, 0) is 4.74 Å². The fourth-order valence-electron chi connectivity index (χ4n) is 2.00. The van der Waals surface area contributed by atoms with Crippen LogP contribution in [-0.4, -0.2) is 29.6 Å². The van der Waals surface area contributed by atoms with E-state index in [2.05, 4.69) is 21.2 Å². The van der Waals surface area contributed by atoms with Crippen molar-refractivity contribution in [1.29, 1.82) is 0 Å². The Morgan fingerprint density at radius 1 is 1.58 bits per heavy atom. The maximum atomic E-state index is 12.1. The van der Waals surface area contributed by atoms with Gasteiger partial charge in [0.15, 0.2) is 0 Å². The molecule has 6 nitrogen and oxygen atoms in total. The molecule has 1 amide bonds. The molecule has 0 bridgehead atoms. The number of hydrogen-bond acceptors (Lipinski definition) is 4. The van der Waals surface area contributed by atoms with Crippen molar-refractivity contribution in [1.82, 2.24) is 5.32 Å². The Hall–Kier alpha value is -1.47. The van der Waals surface area contributed by atoms with Crippen molar-refractivity contribution in [3.63, 3.8) is 0 Å². The number of nitrogens with zero attached hydrogens (tertiary/aromatic N) is 1. The van der Waals surface area contributed by atoms with Gasteiger partial charge in [-0.15, -0.1) is 0 Å². The first-order chi connectivity index (χ1) is 9.00. The third kappa shape index (κ3) is 2.93. The topological polar surface area (TPSA) is 81.5 Å². The Labute approximate surface area is 118 Å². The van der Waals surface area contributed by atoms with Crippen LogP contribution in [0.5, 0.6) is 0 Å². The number of carbonyl (C=O) groups excluding carboxylic acids is 1. The molecule has 1 N–H and O–H groups in total. The maximum Gasteiger partial charge on any atom is 0.284 e. The SMILES string of the molecule is CC1OCCC1NC(=O)c1cccc([N+](=O)[O-])c1Br. The second-order valence-corrected chi connectivity index (χ2v) is 5.13. The zero-order valence-corrected chi connectivity index (χ0v) is 11.8. The number of carbonyl (C=O) groups is 1. The number of nitrogens with one attached hydrogen (secondary N) is 1. The minimum atomic E-state index is -0.526. The number of hydrogen-bond donors (Lipinski definition) is 1. The Balaban J connectivity index is 2.19. The van der Waals surface area contributed by atoms with Crippen LogP contribution >= 0.6 is 15.9 Å². The number of ether oxygens (including phenoxy) is 1. The van der Waals surface area contributed by atoms with Crippen LogP contribution in [0, 0.1) is 10.1 Å². The number of nitro groups is 1. The van der Waals surface area contributed by atoms with Crippen LogP contribution < -0.4 is 5.32 Å². The zero-order chi connectivity index (χ0) is 14.0. The van der Waals surface area contributed by atoms with Crippen molar-refractivity contribution in [3.05, 3.63) is 38.3 Å². The normalized spacial score (nSPS) is 22.2. The predicted octanol–water partition coefficient (Wildman–Crippen LogP) is 2.26. The fourth-order valence-corrected chi connectivity index (χ4v) is 2.59. The number of benzene rings is 1. The molecule has 2 unspecified atom stereocenters. The zero-order valence-electron chi connectivity index (χ0n) is 10.3. The summed E-state index contributed by atoms with van der Waals surface area (Å²) in [7, 11) is 0. The van der Waals surface area contributed by atoms with Gasteiger partial charge in [0.1, 0.15) is 4.47 Å². The highest BCUT2D eigenvalue weighted by molar-refractivity contribution is 9.10. The minimum Gasteiger partial charge on any atom is -0.376 e. The lowest BCUT2D eigenvalue weighted by molar-refractivity contribution is -0.385. The monoisotopic (exact) mass is 328 g/mol. The van der Waals surface area contributed by atoms with E-state index in [1.54, 1.807) is 6.07 Å². The van der Waals surface area contributed by atoms with E-state index in [1.807, 2.05) is 6.92 Å². The summed E-state index contributed by atoms with van der Waals surface area (Å²) in [6, 6.07) is 4.33. The number of nitro benzene ring substituents is 1. The van der Waals surface area contributed by atoms with Gasteiger partial charge in [-0.05, 0) is 35.3 Å². The van der Waals surface area contributed by atoms with Gasteiger partial charge in [0.25, 0.3) is 11.6 Å². The Bertz CT molecular complexity index is 520. The molecule has 1 aliphatic heterocycles. The number of halogens is 1. The molecule has 1 fully saturated rings. The minimum absolute atomic E-state index is 0.0403. The Morgan fingerprint density at radius 3 is 2.89 bits per heavy atom. The van der Waals surface area contributed by atoms with Gasteiger partial charge in [0.05, 0.1) is 22.6 Å². The molecule has 102 valence electrons. The third-order valence-electron chi connectivity index (χ3n) is 3.11. The van der Waals surface area contributed by atoms with Crippen LogP contribution in [0.2, 0.25) is 0 Å². The van der Waals surface area contributed by atoms with Gasteiger partial charge in [0, 0.05) is 12.7 Å². The molecule has 1 saturated heterocycles. The van der Waals surface area contributed by atoms with Crippen LogP contribution in [0.4, 0.5) is 5.69 Å². The summed E-state index contributed by atoms with van der Waals surface area (Å²) in [6.07, 6.45) is 0.709. The molecule has 7 heteroatoms. The van der Waals surface area contributed by atoms with Crippen LogP contribution in [0.3, 0.4) is 0 Å². The van der Waals surface area contributed by atoms with Crippen LogP contribution in [0.1, 0.15) is 23.7 Å². The lowest BCUT2D eigenvalue weighted by Gasteiger charge is -2.16. The van der Waals surface area contributed by atoms with E-state index in [-0.39, 0.29) is 33.8 Å². The lowest BCUT2D eigenvalue weighted by Crippen LogP contribution is -2.39. The largest absolute Gasteiger partial charge is 0.376 e. The first-order valence-corrected chi connectivity index (χ1v) is 6.65. The molecule has 0 radical (unpaired) electrons. The summed E-state index contributed by atoms with van der Waals surface area (Å²) < 4.78 is 5.56. The van der Waals surface area contributed by atoms with Gasteiger partial charge < -0.3 is 10.1 Å². The molecule has 0 saturated carbocycles. The van der Waals surface area contributed by atoms with Crippen molar-refractivity contribution in [2.24, 2.45) is 0 Å². The standard InChI is InChI=1S/C12H13BrN2O4/c1-7-9(5-6-19-7)14-12(16)8-3-2-4-10(11(8)13)15(17)18/h2-4,7,9H,5-6H2,1H3,(H,14,16). The lowest BCUT2D eigenvalue weighted by atomic mass is 10.1. The van der Waals surface area contributed by atoms with Crippen molar-refractivity contribution >= 4 is 27.5 Å². The Morgan fingerprint density at radius 2 is 2.32 bits per heavy atom. The van der Waals surface area contributed by atoms with Crippen LogP contribution in [0.25, 0.3) is 0 Å². The molecule has 2 rings (SSSR count). The third-order valence-corrected chi connectivity index (χ3v) is 3.95. The molecule has 1 heterocycles. The van der Waals surface area contributed by atoms with Gasteiger partial charge in [-0.2, -0.15) is 0 Å². The summed E-state index contributed by atoms with van der Waals surface area (Å²) >= 11 is 3.11. The molecule has 19 heavy (non-hydrogen) atoms. The number of rotatable bonds is 3. The van der Waals surface area contributed by atoms with Crippen molar-refractivity contribution in [2.45, 2.75) is 25.5 Å². The van der Waals surface area contributed by atoms with Gasteiger partial charge in [-0.1, -0.05) is 6.07 Å². The first kappa shape index (κ1) is 14.0. The van der Waals surface area contributed by atoms with E-state index in [9.17, 15) is 14.9 Å². The summed E-state index contributed by atoms with van der Waals surface area (Å²) in [6.45, 7) is 2.50. The highest BCUT2D eigenvalue weighted by Crippen LogP contribution is 2.28. The molecular formula is C12H13BrN2O4. The average molecular weight is 329 g/mol. The molecule has 0 aromatic heterocycles. The highest BCUT2D eigenvalue weighted by Gasteiger charge is 2.27. The summed E-state index contributed by atoms with van der Waals surface area (Å²) in [5.74, 6) is -0.335. The summed E-state index contributed by atoms with van der Waals surface area (Å²) in [5.41, 5.74) is 0.136. The molecule has 1 aromatic carbocycles. The van der Waals surface area contributed by atoms with Gasteiger partial charge in [0.2, 0.25) is 0 Å². The molecule has 1 aromatic rings. The smallest absolute Gasteiger partial charge is 0.284 e. The van der Waals surface area contributed by atoms with Crippen molar-refractivity contribution < 1.29 is 14.5 Å². The fraction of sp³-hybridized carbons (Fsp3) is 0.417. The Kier molecular flexibility index (Phi) is 4.16. The van der Waals surface area contributed by atoms with Crippen molar-refractivity contribution in [3.8, 4) is 0 Å². The molecular weight excluding hydrogens is 316 g/mol. The van der Waals surface area contributed by atoms with Gasteiger partial charge in [-0.25, -0.2) is 0 Å². The average Bonchev–Trinajstić information content (AvgIpc) is 2.74. The van der Waals surface area contributed by atoms with E-state index >= 15 is 0 Å². The quantitative estimate of drug-likeness (QED) is 0.681. The predicted molar refractivity (Wildman–Crippen MR) is 72.1 cm³/mol. The first-order valence-electron chi connectivity index (χ1n) is 5.86. The van der Waals surface area contributed by atoms with Gasteiger partial charge in [-0.3, -0.25) is 14.9 Å². The summed E-state index contributed by atoms with van der Waals surface area (Å²) in [5, 5.41) is 13.7. The molecule has 1 aliphatic rings. The van der Waals surface area contributed by atoms with Gasteiger partial charge >= 0.3 is 0 Å².